The van der Waals surface area contributed by atoms with Gasteiger partial charge in [0.15, 0.2) is 5.78 Å². The fourth-order valence-corrected chi connectivity index (χ4v) is 4.85. The standard InChI is InChI=1S/C22H25FN2O4S/c1-16-6-7-18(14-17(16)2)21(26)8-9-22(27)24-10-12-25(13-11-24)30(28,29)20-5-3-4-19(23)15-20/h3-7,14-15H,8-13H2,1-2H3. The summed E-state index contributed by atoms with van der Waals surface area (Å²) < 4.78 is 39.9. The van der Waals surface area contributed by atoms with Crippen LogP contribution in [0.25, 0.3) is 0 Å². The van der Waals surface area contributed by atoms with E-state index in [0.29, 0.717) is 5.56 Å². The van der Waals surface area contributed by atoms with E-state index in [9.17, 15) is 22.4 Å². The number of sulfonamides is 1. The zero-order valence-electron chi connectivity index (χ0n) is 17.1. The van der Waals surface area contributed by atoms with Gasteiger partial charge in [-0.05, 0) is 49.2 Å². The maximum Gasteiger partial charge on any atom is 0.243 e. The molecule has 0 saturated carbocycles. The number of hydrogen-bond acceptors (Lipinski definition) is 4. The van der Waals surface area contributed by atoms with Gasteiger partial charge in [-0.2, -0.15) is 4.31 Å². The lowest BCUT2D eigenvalue weighted by Gasteiger charge is -2.34. The average molecular weight is 433 g/mol. The van der Waals surface area contributed by atoms with Crippen molar-refractivity contribution in [1.29, 1.82) is 0 Å². The van der Waals surface area contributed by atoms with Crippen LogP contribution in [-0.2, 0) is 14.8 Å². The van der Waals surface area contributed by atoms with Gasteiger partial charge in [0, 0.05) is 44.6 Å². The molecule has 1 heterocycles. The van der Waals surface area contributed by atoms with Gasteiger partial charge in [0.1, 0.15) is 5.82 Å². The first-order valence-electron chi connectivity index (χ1n) is 9.82. The van der Waals surface area contributed by atoms with Crippen LogP contribution in [-0.4, -0.2) is 55.5 Å². The van der Waals surface area contributed by atoms with Crippen molar-refractivity contribution < 1.29 is 22.4 Å². The number of carbonyl (C=O) groups excluding carboxylic acids is 2. The number of benzene rings is 2. The van der Waals surface area contributed by atoms with Gasteiger partial charge in [-0.1, -0.05) is 18.2 Å². The molecule has 30 heavy (non-hydrogen) atoms. The molecular formula is C22H25FN2O4S. The van der Waals surface area contributed by atoms with Crippen molar-refractivity contribution in [3.05, 3.63) is 65.0 Å². The van der Waals surface area contributed by atoms with Crippen molar-refractivity contribution in [2.24, 2.45) is 0 Å². The molecule has 1 saturated heterocycles. The van der Waals surface area contributed by atoms with Gasteiger partial charge in [0.25, 0.3) is 0 Å². The second-order valence-electron chi connectivity index (χ2n) is 7.46. The van der Waals surface area contributed by atoms with Crippen LogP contribution < -0.4 is 0 Å². The molecule has 0 unspecified atom stereocenters. The van der Waals surface area contributed by atoms with Crippen molar-refractivity contribution in [3.63, 3.8) is 0 Å². The molecule has 0 aliphatic carbocycles. The Bertz CT molecular complexity index is 1060. The van der Waals surface area contributed by atoms with Crippen LogP contribution >= 0.6 is 0 Å². The smallest absolute Gasteiger partial charge is 0.243 e. The molecule has 1 aliphatic heterocycles. The first kappa shape index (κ1) is 22.1. The fourth-order valence-electron chi connectivity index (χ4n) is 3.39. The highest BCUT2D eigenvalue weighted by molar-refractivity contribution is 7.89. The first-order chi connectivity index (χ1) is 14.2. The van der Waals surface area contributed by atoms with Crippen LogP contribution in [0.4, 0.5) is 4.39 Å². The third kappa shape index (κ3) is 4.94. The topological polar surface area (TPSA) is 74.8 Å². The third-order valence-electron chi connectivity index (χ3n) is 5.42. The minimum Gasteiger partial charge on any atom is -0.340 e. The van der Waals surface area contributed by atoms with E-state index in [0.717, 1.165) is 17.2 Å². The van der Waals surface area contributed by atoms with E-state index in [1.165, 1.54) is 22.5 Å². The minimum atomic E-state index is -3.80. The molecule has 6 nitrogen and oxygen atoms in total. The van der Waals surface area contributed by atoms with E-state index in [1.54, 1.807) is 11.0 Å². The Labute approximate surface area is 176 Å². The first-order valence-corrected chi connectivity index (χ1v) is 11.3. The SMILES string of the molecule is Cc1ccc(C(=O)CCC(=O)N2CCN(S(=O)(=O)c3cccc(F)c3)CC2)cc1C. The Hall–Kier alpha value is -2.58. The van der Waals surface area contributed by atoms with E-state index in [1.807, 2.05) is 26.0 Å². The molecule has 2 aromatic carbocycles. The lowest BCUT2D eigenvalue weighted by atomic mass is 10.0. The average Bonchev–Trinajstić information content (AvgIpc) is 2.73. The number of amides is 1. The van der Waals surface area contributed by atoms with Crippen molar-refractivity contribution in [2.45, 2.75) is 31.6 Å². The molecule has 0 N–H and O–H groups in total. The summed E-state index contributed by atoms with van der Waals surface area (Å²) in [4.78, 5) is 26.3. The number of rotatable bonds is 6. The summed E-state index contributed by atoms with van der Waals surface area (Å²) in [6, 6.07) is 10.4. The van der Waals surface area contributed by atoms with Crippen molar-refractivity contribution >= 4 is 21.7 Å². The Kier molecular flexibility index (Phi) is 6.67. The molecule has 0 aromatic heterocycles. The number of hydrogen-bond donors (Lipinski definition) is 0. The summed E-state index contributed by atoms with van der Waals surface area (Å²) in [5.41, 5.74) is 2.73. The van der Waals surface area contributed by atoms with Gasteiger partial charge < -0.3 is 4.90 Å². The molecule has 160 valence electrons. The molecule has 3 rings (SSSR count). The van der Waals surface area contributed by atoms with Crippen LogP contribution in [0.1, 0.15) is 34.3 Å². The molecule has 1 fully saturated rings. The molecule has 1 aliphatic rings. The van der Waals surface area contributed by atoms with E-state index in [4.69, 9.17) is 0 Å². The molecule has 0 radical (unpaired) electrons. The normalized spacial score (nSPS) is 15.2. The van der Waals surface area contributed by atoms with E-state index >= 15 is 0 Å². The number of halogens is 1. The van der Waals surface area contributed by atoms with Gasteiger partial charge in [0.2, 0.25) is 15.9 Å². The van der Waals surface area contributed by atoms with Crippen LogP contribution in [0, 0.1) is 19.7 Å². The summed E-state index contributed by atoms with van der Waals surface area (Å²) in [7, 11) is -3.80. The highest BCUT2D eigenvalue weighted by Crippen LogP contribution is 2.19. The van der Waals surface area contributed by atoms with Gasteiger partial charge in [-0.3, -0.25) is 9.59 Å². The van der Waals surface area contributed by atoms with Gasteiger partial charge in [-0.25, -0.2) is 12.8 Å². The predicted molar refractivity (Wildman–Crippen MR) is 111 cm³/mol. The third-order valence-corrected chi connectivity index (χ3v) is 7.31. The monoisotopic (exact) mass is 432 g/mol. The zero-order chi connectivity index (χ0) is 21.9. The summed E-state index contributed by atoms with van der Waals surface area (Å²) in [6.07, 6.45) is 0.200. The van der Waals surface area contributed by atoms with Gasteiger partial charge >= 0.3 is 0 Å². The Morgan fingerprint density at radius 3 is 2.27 bits per heavy atom. The number of nitrogens with zero attached hydrogens (tertiary/aromatic N) is 2. The largest absolute Gasteiger partial charge is 0.340 e. The summed E-state index contributed by atoms with van der Waals surface area (Å²) in [5.74, 6) is -0.868. The van der Waals surface area contributed by atoms with Crippen LogP contribution in [0.15, 0.2) is 47.4 Å². The summed E-state index contributed by atoms with van der Waals surface area (Å²) in [5, 5.41) is 0. The Morgan fingerprint density at radius 2 is 1.63 bits per heavy atom. The molecule has 8 heteroatoms. The fraction of sp³-hybridized carbons (Fsp3) is 0.364. The molecule has 0 bridgehead atoms. The quantitative estimate of drug-likeness (QED) is 0.658. The van der Waals surface area contributed by atoms with E-state index in [-0.39, 0.29) is 55.6 Å². The van der Waals surface area contributed by atoms with Gasteiger partial charge in [0.05, 0.1) is 4.90 Å². The van der Waals surface area contributed by atoms with Gasteiger partial charge in [-0.15, -0.1) is 0 Å². The van der Waals surface area contributed by atoms with Crippen molar-refractivity contribution in [3.8, 4) is 0 Å². The Morgan fingerprint density at radius 1 is 0.933 bits per heavy atom. The number of Topliss-reactive ketones (excluding diaryl/α,β-unsaturated/α-hetero) is 1. The number of ketones is 1. The lowest BCUT2D eigenvalue weighted by Crippen LogP contribution is -2.50. The predicted octanol–water partition coefficient (Wildman–Crippen LogP) is 2.94. The second-order valence-corrected chi connectivity index (χ2v) is 9.40. The number of aryl methyl sites for hydroxylation is 2. The highest BCUT2D eigenvalue weighted by Gasteiger charge is 2.30. The molecule has 1 amide bonds. The number of carbonyl (C=O) groups is 2. The lowest BCUT2D eigenvalue weighted by molar-refractivity contribution is -0.132. The van der Waals surface area contributed by atoms with Crippen molar-refractivity contribution in [1.82, 2.24) is 9.21 Å². The van der Waals surface area contributed by atoms with E-state index < -0.39 is 15.8 Å². The highest BCUT2D eigenvalue weighted by atomic mass is 32.2. The maximum absolute atomic E-state index is 13.4. The summed E-state index contributed by atoms with van der Waals surface area (Å²) in [6.45, 7) is 4.66. The van der Waals surface area contributed by atoms with Crippen LogP contribution in [0.3, 0.4) is 0 Å². The molecular weight excluding hydrogens is 407 g/mol. The van der Waals surface area contributed by atoms with Crippen LogP contribution in [0.5, 0.6) is 0 Å². The minimum absolute atomic E-state index is 0.0845. The maximum atomic E-state index is 13.4. The zero-order valence-corrected chi connectivity index (χ0v) is 17.9. The second kappa shape index (κ2) is 9.06. The Balaban J connectivity index is 1.54. The number of piperazine rings is 1. The summed E-state index contributed by atoms with van der Waals surface area (Å²) >= 11 is 0. The molecule has 0 atom stereocenters. The van der Waals surface area contributed by atoms with Crippen LogP contribution in [0.2, 0.25) is 0 Å². The molecule has 2 aromatic rings. The van der Waals surface area contributed by atoms with Crippen molar-refractivity contribution in [2.75, 3.05) is 26.2 Å². The molecule has 0 spiro atoms. The van der Waals surface area contributed by atoms with E-state index in [2.05, 4.69) is 0 Å².